The van der Waals surface area contributed by atoms with Gasteiger partial charge in [0.25, 0.3) is 0 Å². The summed E-state index contributed by atoms with van der Waals surface area (Å²) in [5.74, 6) is 1.92. The van der Waals surface area contributed by atoms with Crippen molar-refractivity contribution in [2.24, 2.45) is 11.7 Å². The summed E-state index contributed by atoms with van der Waals surface area (Å²) in [6.45, 7) is 2.03. The van der Waals surface area contributed by atoms with Gasteiger partial charge >= 0.3 is 12.2 Å². The minimum atomic E-state index is -0.938. The second kappa shape index (κ2) is 8.44. The lowest BCUT2D eigenvalue weighted by atomic mass is 10.1. The van der Waals surface area contributed by atoms with Crippen molar-refractivity contribution in [1.29, 1.82) is 0 Å². The lowest BCUT2D eigenvalue weighted by molar-refractivity contribution is -0.0911. The summed E-state index contributed by atoms with van der Waals surface area (Å²) in [6.07, 6.45) is -0.0724. The number of nitrogens with two attached hydrogens (primary N) is 1. The average molecular weight is 370 g/mol. The van der Waals surface area contributed by atoms with Crippen LogP contribution < -0.4 is 10.5 Å². The van der Waals surface area contributed by atoms with E-state index in [1.54, 1.807) is 6.92 Å². The summed E-state index contributed by atoms with van der Waals surface area (Å²) < 4.78 is 10.5. The van der Waals surface area contributed by atoms with Gasteiger partial charge in [-0.3, -0.25) is 0 Å². The van der Waals surface area contributed by atoms with Crippen LogP contribution in [0.2, 0.25) is 0 Å². The number of carbonyl (C=O) groups is 2. The first kappa shape index (κ1) is 18.6. The molecule has 2 atom stereocenters. The van der Waals surface area contributed by atoms with Gasteiger partial charge in [0, 0.05) is 0 Å². The highest BCUT2D eigenvalue weighted by Gasteiger charge is 2.41. The standard InChI is InChI=1S/C20H22N2O5/c1-2-25-20(24)27-22(19(21)23)13-15-12-18(15)14-7-6-10-17(11-14)26-16-8-4-3-5-9-16/h3-11,15,18H,2,12-13H2,1H3,(H2,21,23). The second-order valence-electron chi connectivity index (χ2n) is 6.26. The van der Waals surface area contributed by atoms with Crippen LogP contribution in [0.15, 0.2) is 54.6 Å². The molecule has 7 nitrogen and oxygen atoms in total. The lowest BCUT2D eigenvalue weighted by Crippen LogP contribution is -2.39. The van der Waals surface area contributed by atoms with Crippen LogP contribution >= 0.6 is 0 Å². The number of hydroxylamine groups is 2. The molecule has 1 fully saturated rings. The molecule has 0 bridgehead atoms. The molecule has 1 aliphatic carbocycles. The van der Waals surface area contributed by atoms with E-state index in [-0.39, 0.29) is 25.0 Å². The Balaban J connectivity index is 1.59. The number of rotatable bonds is 6. The SMILES string of the molecule is CCOC(=O)ON(CC1CC1c1cccc(Oc2ccccc2)c1)C(N)=O. The van der Waals surface area contributed by atoms with Crippen LogP contribution in [0.4, 0.5) is 9.59 Å². The summed E-state index contributed by atoms with van der Waals surface area (Å²) in [4.78, 5) is 27.8. The molecule has 0 radical (unpaired) electrons. The molecular formula is C20H22N2O5. The molecule has 2 N–H and O–H groups in total. The Kier molecular flexibility index (Phi) is 5.80. The summed E-state index contributed by atoms with van der Waals surface area (Å²) in [7, 11) is 0. The fourth-order valence-electron chi connectivity index (χ4n) is 2.91. The first-order valence-electron chi connectivity index (χ1n) is 8.81. The van der Waals surface area contributed by atoms with Crippen molar-refractivity contribution >= 4 is 12.2 Å². The van der Waals surface area contributed by atoms with Crippen LogP contribution in [0.1, 0.15) is 24.8 Å². The molecule has 1 saturated carbocycles. The Labute approximate surface area is 157 Å². The van der Waals surface area contributed by atoms with E-state index in [0.717, 1.165) is 28.5 Å². The molecule has 1 aliphatic rings. The van der Waals surface area contributed by atoms with Crippen LogP contribution in [0.25, 0.3) is 0 Å². The molecule has 3 rings (SSSR count). The van der Waals surface area contributed by atoms with E-state index >= 15 is 0 Å². The maximum Gasteiger partial charge on any atom is 0.533 e. The van der Waals surface area contributed by atoms with Gasteiger partial charge in [-0.1, -0.05) is 30.3 Å². The number of ether oxygens (including phenoxy) is 2. The van der Waals surface area contributed by atoms with Crippen molar-refractivity contribution in [2.45, 2.75) is 19.3 Å². The van der Waals surface area contributed by atoms with Crippen molar-refractivity contribution in [3.63, 3.8) is 0 Å². The zero-order valence-corrected chi connectivity index (χ0v) is 15.0. The molecule has 0 aromatic heterocycles. The quantitative estimate of drug-likeness (QED) is 0.612. The van der Waals surface area contributed by atoms with Crippen molar-refractivity contribution in [2.75, 3.05) is 13.2 Å². The number of hydrogen-bond donors (Lipinski definition) is 1. The minimum Gasteiger partial charge on any atom is -0.457 e. The van der Waals surface area contributed by atoms with Gasteiger partial charge in [-0.25, -0.2) is 9.59 Å². The molecule has 2 amide bonds. The van der Waals surface area contributed by atoms with Gasteiger partial charge in [0.1, 0.15) is 11.5 Å². The molecule has 0 spiro atoms. The molecule has 142 valence electrons. The minimum absolute atomic E-state index is 0.152. The largest absolute Gasteiger partial charge is 0.533 e. The van der Waals surface area contributed by atoms with Crippen LogP contribution in [-0.4, -0.2) is 30.4 Å². The maximum atomic E-state index is 11.5. The van der Waals surface area contributed by atoms with Crippen LogP contribution in [0, 0.1) is 5.92 Å². The van der Waals surface area contributed by atoms with Gasteiger partial charge in [-0.05, 0) is 55.0 Å². The molecule has 27 heavy (non-hydrogen) atoms. The number of hydrogen-bond acceptors (Lipinski definition) is 5. The van der Waals surface area contributed by atoms with Crippen LogP contribution in [0.5, 0.6) is 11.5 Å². The van der Waals surface area contributed by atoms with E-state index in [0.29, 0.717) is 0 Å². The predicted octanol–water partition coefficient (Wildman–Crippen LogP) is 4.05. The Bertz CT molecular complexity index is 796. The molecule has 7 heteroatoms. The number of para-hydroxylation sites is 1. The Morgan fingerprint density at radius 2 is 1.85 bits per heavy atom. The summed E-state index contributed by atoms with van der Waals surface area (Å²) in [5, 5.41) is 0.854. The molecule has 0 saturated heterocycles. The van der Waals surface area contributed by atoms with Crippen molar-refractivity contribution in [3.8, 4) is 11.5 Å². The Morgan fingerprint density at radius 1 is 1.11 bits per heavy atom. The smallest absolute Gasteiger partial charge is 0.457 e. The number of urea groups is 1. The number of amides is 2. The molecule has 0 heterocycles. The van der Waals surface area contributed by atoms with Gasteiger partial charge in [-0.15, -0.1) is 0 Å². The van der Waals surface area contributed by atoms with Gasteiger partial charge < -0.3 is 20.0 Å². The van der Waals surface area contributed by atoms with E-state index in [4.69, 9.17) is 15.3 Å². The zero-order chi connectivity index (χ0) is 19.2. The van der Waals surface area contributed by atoms with Crippen molar-refractivity contribution in [3.05, 3.63) is 60.2 Å². The fourth-order valence-corrected chi connectivity index (χ4v) is 2.91. The first-order chi connectivity index (χ1) is 13.1. The average Bonchev–Trinajstić information content (AvgIpc) is 3.42. The first-order valence-corrected chi connectivity index (χ1v) is 8.81. The third-order valence-corrected chi connectivity index (χ3v) is 4.28. The van der Waals surface area contributed by atoms with Gasteiger partial charge in [0.2, 0.25) is 0 Å². The molecular weight excluding hydrogens is 348 g/mol. The monoisotopic (exact) mass is 370 g/mol. The van der Waals surface area contributed by atoms with E-state index in [1.807, 2.05) is 54.6 Å². The maximum absolute atomic E-state index is 11.5. The van der Waals surface area contributed by atoms with E-state index in [1.165, 1.54) is 0 Å². The topological polar surface area (TPSA) is 91.1 Å². The third-order valence-electron chi connectivity index (χ3n) is 4.28. The molecule has 2 aromatic carbocycles. The second-order valence-corrected chi connectivity index (χ2v) is 6.26. The zero-order valence-electron chi connectivity index (χ0n) is 15.0. The van der Waals surface area contributed by atoms with Gasteiger partial charge in [0.05, 0.1) is 13.2 Å². The highest BCUT2D eigenvalue weighted by molar-refractivity contribution is 5.73. The Morgan fingerprint density at radius 3 is 2.56 bits per heavy atom. The van der Waals surface area contributed by atoms with Gasteiger partial charge in [0.15, 0.2) is 0 Å². The molecule has 2 aromatic rings. The lowest BCUT2D eigenvalue weighted by Gasteiger charge is -2.18. The van der Waals surface area contributed by atoms with Crippen LogP contribution in [0.3, 0.4) is 0 Å². The summed E-state index contributed by atoms with van der Waals surface area (Å²) >= 11 is 0. The molecule has 2 unspecified atom stereocenters. The predicted molar refractivity (Wildman–Crippen MR) is 98.2 cm³/mol. The number of nitrogens with zero attached hydrogens (tertiary/aromatic N) is 1. The van der Waals surface area contributed by atoms with E-state index in [9.17, 15) is 9.59 Å². The van der Waals surface area contributed by atoms with E-state index in [2.05, 4.69) is 4.74 Å². The fraction of sp³-hybridized carbons (Fsp3) is 0.300. The molecule has 0 aliphatic heterocycles. The van der Waals surface area contributed by atoms with Crippen molar-refractivity contribution in [1.82, 2.24) is 5.06 Å². The Hall–Kier alpha value is -3.22. The van der Waals surface area contributed by atoms with Crippen LogP contribution in [-0.2, 0) is 9.57 Å². The third kappa shape index (κ3) is 5.13. The highest BCUT2D eigenvalue weighted by Crippen LogP contribution is 2.48. The van der Waals surface area contributed by atoms with Gasteiger partial charge in [-0.2, -0.15) is 5.06 Å². The normalized spacial score (nSPS) is 17.7. The summed E-state index contributed by atoms with van der Waals surface area (Å²) in [6, 6.07) is 16.6. The number of benzene rings is 2. The number of carbonyl (C=O) groups excluding carboxylic acids is 2. The highest BCUT2D eigenvalue weighted by atomic mass is 16.8. The summed E-state index contributed by atoms with van der Waals surface area (Å²) in [5.41, 5.74) is 6.39. The number of primary amides is 1. The van der Waals surface area contributed by atoms with E-state index < -0.39 is 12.2 Å². The van der Waals surface area contributed by atoms with Crippen molar-refractivity contribution < 1.29 is 23.9 Å².